The van der Waals surface area contributed by atoms with Gasteiger partial charge in [-0.15, -0.1) is 10.2 Å². The topological polar surface area (TPSA) is 87.1 Å². The number of hydrogen-bond donors (Lipinski definition) is 3. The van der Waals surface area contributed by atoms with Crippen LogP contribution in [0.25, 0.3) is 0 Å². The van der Waals surface area contributed by atoms with Gasteiger partial charge in [0.15, 0.2) is 5.69 Å². The van der Waals surface area contributed by atoms with E-state index < -0.39 is 0 Å². The Bertz CT molecular complexity index is 378. The Morgan fingerprint density at radius 3 is 2.56 bits per heavy atom. The first-order chi connectivity index (χ1) is 8.56. The van der Waals surface area contributed by atoms with E-state index in [1.165, 1.54) is 0 Å². The van der Waals surface area contributed by atoms with Crippen LogP contribution in [0.2, 0.25) is 0 Å². The molecule has 1 unspecified atom stereocenters. The minimum absolute atomic E-state index is 0.0387. The van der Waals surface area contributed by atoms with Gasteiger partial charge < -0.3 is 15.7 Å². The molecule has 0 aliphatic heterocycles. The van der Waals surface area contributed by atoms with Gasteiger partial charge in [0.05, 0.1) is 12.6 Å². The lowest BCUT2D eigenvalue weighted by Gasteiger charge is -2.18. The van der Waals surface area contributed by atoms with Gasteiger partial charge in [0, 0.05) is 7.05 Å². The lowest BCUT2D eigenvalue weighted by Crippen LogP contribution is -2.26. The number of aliphatic hydroxyl groups is 1. The number of nitrogens with one attached hydrogen (secondary N) is 2. The van der Waals surface area contributed by atoms with Gasteiger partial charge in [-0.1, -0.05) is 13.8 Å². The van der Waals surface area contributed by atoms with Crippen LogP contribution in [0.4, 0.5) is 5.82 Å². The van der Waals surface area contributed by atoms with Gasteiger partial charge in [0.2, 0.25) is 0 Å². The SMILES string of the molecule is CNC(=O)c1ccc(NC(CO)CC(C)C)nn1. The molecule has 0 saturated carbocycles. The molecule has 0 aliphatic rings. The van der Waals surface area contributed by atoms with Crippen molar-refractivity contribution < 1.29 is 9.90 Å². The van der Waals surface area contributed by atoms with Crippen LogP contribution in [0.1, 0.15) is 30.8 Å². The van der Waals surface area contributed by atoms with Crippen LogP contribution in [0.5, 0.6) is 0 Å². The Kier molecular flexibility index (Phi) is 5.51. The van der Waals surface area contributed by atoms with Crippen LogP contribution in [-0.4, -0.2) is 40.9 Å². The monoisotopic (exact) mass is 252 g/mol. The van der Waals surface area contributed by atoms with Gasteiger partial charge in [-0.3, -0.25) is 4.79 Å². The highest BCUT2D eigenvalue weighted by molar-refractivity contribution is 5.91. The predicted molar refractivity (Wildman–Crippen MR) is 69.4 cm³/mol. The standard InChI is InChI=1S/C12H20N4O2/c1-8(2)6-9(7-17)14-11-5-4-10(15-16-11)12(18)13-3/h4-5,8-9,17H,6-7H2,1-3H3,(H,13,18)(H,14,16). The number of amides is 1. The molecule has 3 N–H and O–H groups in total. The van der Waals surface area contributed by atoms with Gasteiger partial charge in [-0.05, 0) is 24.5 Å². The minimum Gasteiger partial charge on any atom is -0.394 e. The highest BCUT2D eigenvalue weighted by Gasteiger charge is 2.11. The fourth-order valence-corrected chi connectivity index (χ4v) is 1.62. The molecule has 0 fully saturated rings. The fourth-order valence-electron chi connectivity index (χ4n) is 1.62. The predicted octanol–water partition coefficient (Wildman–Crippen LogP) is 0.655. The zero-order chi connectivity index (χ0) is 13.5. The summed E-state index contributed by atoms with van der Waals surface area (Å²) in [4.78, 5) is 11.3. The Morgan fingerprint density at radius 1 is 1.39 bits per heavy atom. The van der Waals surface area contributed by atoms with Crippen molar-refractivity contribution >= 4 is 11.7 Å². The van der Waals surface area contributed by atoms with E-state index in [4.69, 9.17) is 0 Å². The van der Waals surface area contributed by atoms with E-state index >= 15 is 0 Å². The van der Waals surface area contributed by atoms with Gasteiger partial charge in [0.25, 0.3) is 5.91 Å². The zero-order valence-electron chi connectivity index (χ0n) is 11.0. The second-order valence-corrected chi connectivity index (χ2v) is 4.54. The lowest BCUT2D eigenvalue weighted by atomic mass is 10.0. The first-order valence-electron chi connectivity index (χ1n) is 6.00. The largest absolute Gasteiger partial charge is 0.394 e. The van der Waals surface area contributed by atoms with Crippen LogP contribution in [0.15, 0.2) is 12.1 Å². The summed E-state index contributed by atoms with van der Waals surface area (Å²) in [5.41, 5.74) is 0.271. The summed E-state index contributed by atoms with van der Waals surface area (Å²) in [6.07, 6.45) is 0.843. The molecule has 1 aromatic rings. The van der Waals surface area contributed by atoms with Crippen molar-refractivity contribution in [2.45, 2.75) is 26.3 Å². The van der Waals surface area contributed by atoms with Crippen molar-refractivity contribution in [3.05, 3.63) is 17.8 Å². The second-order valence-electron chi connectivity index (χ2n) is 4.54. The van der Waals surface area contributed by atoms with Crippen molar-refractivity contribution in [1.82, 2.24) is 15.5 Å². The van der Waals surface area contributed by atoms with Crippen molar-refractivity contribution in [3.8, 4) is 0 Å². The Hall–Kier alpha value is -1.69. The van der Waals surface area contributed by atoms with Crippen LogP contribution in [0, 0.1) is 5.92 Å². The molecule has 0 aromatic carbocycles. The molecule has 18 heavy (non-hydrogen) atoms. The smallest absolute Gasteiger partial charge is 0.271 e. The van der Waals surface area contributed by atoms with Crippen LogP contribution in [0.3, 0.4) is 0 Å². The lowest BCUT2D eigenvalue weighted by molar-refractivity contribution is 0.0957. The zero-order valence-corrected chi connectivity index (χ0v) is 11.0. The molecule has 1 atom stereocenters. The second kappa shape index (κ2) is 6.90. The number of nitrogens with zero attached hydrogens (tertiary/aromatic N) is 2. The third kappa shape index (κ3) is 4.29. The maximum Gasteiger partial charge on any atom is 0.271 e. The minimum atomic E-state index is -0.269. The molecule has 1 amide bonds. The van der Waals surface area contributed by atoms with Gasteiger partial charge in [-0.2, -0.15) is 0 Å². The number of hydrogen-bond acceptors (Lipinski definition) is 5. The quantitative estimate of drug-likeness (QED) is 0.692. The maximum absolute atomic E-state index is 11.3. The highest BCUT2D eigenvalue weighted by atomic mass is 16.3. The molecule has 0 radical (unpaired) electrons. The van der Waals surface area contributed by atoms with Gasteiger partial charge >= 0.3 is 0 Å². The average molecular weight is 252 g/mol. The molecule has 100 valence electrons. The molecular formula is C12H20N4O2. The molecule has 1 rings (SSSR count). The summed E-state index contributed by atoms with van der Waals surface area (Å²) < 4.78 is 0. The molecule has 6 heteroatoms. The van der Waals surface area contributed by atoms with Crippen LogP contribution >= 0.6 is 0 Å². The maximum atomic E-state index is 11.3. The third-order valence-corrected chi connectivity index (χ3v) is 2.45. The van der Waals surface area contributed by atoms with Crippen LogP contribution < -0.4 is 10.6 Å². The number of aromatic nitrogens is 2. The average Bonchev–Trinajstić information content (AvgIpc) is 2.37. The summed E-state index contributed by atoms with van der Waals surface area (Å²) >= 11 is 0. The number of aliphatic hydroxyl groups excluding tert-OH is 1. The molecule has 1 aromatic heterocycles. The van der Waals surface area contributed by atoms with Crippen molar-refractivity contribution in [2.75, 3.05) is 19.0 Å². The van der Waals surface area contributed by atoms with Crippen LogP contribution in [-0.2, 0) is 0 Å². The normalized spacial score (nSPS) is 12.3. The van der Waals surface area contributed by atoms with Gasteiger partial charge in [-0.25, -0.2) is 0 Å². The first kappa shape index (κ1) is 14.4. The van der Waals surface area contributed by atoms with Gasteiger partial charge in [0.1, 0.15) is 5.82 Å². The van der Waals surface area contributed by atoms with E-state index in [0.717, 1.165) is 6.42 Å². The van der Waals surface area contributed by atoms with E-state index in [1.807, 2.05) is 0 Å². The van der Waals surface area contributed by atoms with E-state index in [-0.39, 0.29) is 24.2 Å². The summed E-state index contributed by atoms with van der Waals surface area (Å²) in [6, 6.07) is 3.23. The summed E-state index contributed by atoms with van der Waals surface area (Å²) in [5, 5.41) is 22.5. The summed E-state index contributed by atoms with van der Waals surface area (Å²) in [6.45, 7) is 4.21. The number of rotatable bonds is 6. The van der Waals surface area contributed by atoms with Crippen molar-refractivity contribution in [3.63, 3.8) is 0 Å². The Morgan fingerprint density at radius 2 is 2.11 bits per heavy atom. The molecule has 1 heterocycles. The molecular weight excluding hydrogens is 232 g/mol. The van der Waals surface area contributed by atoms with E-state index in [2.05, 4.69) is 34.7 Å². The summed E-state index contributed by atoms with van der Waals surface area (Å²) in [5.74, 6) is 0.769. The van der Waals surface area contributed by atoms with Crippen molar-refractivity contribution in [2.24, 2.45) is 5.92 Å². The van der Waals surface area contributed by atoms with E-state index in [0.29, 0.717) is 11.7 Å². The number of carbonyl (C=O) groups is 1. The molecule has 0 saturated heterocycles. The number of anilines is 1. The first-order valence-corrected chi connectivity index (χ1v) is 6.00. The molecule has 0 bridgehead atoms. The third-order valence-electron chi connectivity index (χ3n) is 2.45. The molecule has 6 nitrogen and oxygen atoms in total. The summed E-state index contributed by atoms with van der Waals surface area (Å²) in [7, 11) is 1.54. The van der Waals surface area contributed by atoms with E-state index in [1.54, 1.807) is 19.2 Å². The van der Waals surface area contributed by atoms with Crippen molar-refractivity contribution in [1.29, 1.82) is 0 Å². The van der Waals surface area contributed by atoms with E-state index in [9.17, 15) is 9.90 Å². The molecule has 0 aliphatic carbocycles. The fraction of sp³-hybridized carbons (Fsp3) is 0.583. The number of carbonyl (C=O) groups excluding carboxylic acids is 1. The highest BCUT2D eigenvalue weighted by Crippen LogP contribution is 2.10. The molecule has 0 spiro atoms. The Balaban J connectivity index is 2.64. The Labute approximate surface area is 107 Å².